The van der Waals surface area contributed by atoms with E-state index in [-0.39, 0.29) is 16.8 Å². The Kier molecular flexibility index (Phi) is 6.12. The van der Waals surface area contributed by atoms with Crippen molar-refractivity contribution in [3.63, 3.8) is 0 Å². The highest BCUT2D eigenvalue weighted by molar-refractivity contribution is 7.89. The standard InChI is InChI=1S/C13H20N2O4S/c1-4-14-20(17,18)12-7-5-11(6-8-12)13(16)15-10(2)9-19-3/h5-8,10,14H,4,9H2,1-3H3,(H,15,16)/t10-/m0/s1. The molecule has 1 aromatic rings. The van der Waals surface area contributed by atoms with Gasteiger partial charge in [-0.25, -0.2) is 13.1 Å². The zero-order chi connectivity index (χ0) is 15.2. The first kappa shape index (κ1) is 16.6. The van der Waals surface area contributed by atoms with E-state index in [0.717, 1.165) is 0 Å². The van der Waals surface area contributed by atoms with Gasteiger partial charge in [0, 0.05) is 25.3 Å². The van der Waals surface area contributed by atoms with Crippen LogP contribution in [-0.2, 0) is 14.8 Å². The van der Waals surface area contributed by atoms with Crippen LogP contribution in [0.1, 0.15) is 24.2 Å². The summed E-state index contributed by atoms with van der Waals surface area (Å²) in [6, 6.07) is 5.68. The van der Waals surface area contributed by atoms with E-state index in [2.05, 4.69) is 10.0 Å². The number of carbonyl (C=O) groups excluding carboxylic acids is 1. The molecule has 0 unspecified atom stereocenters. The maximum absolute atomic E-state index is 11.9. The minimum Gasteiger partial charge on any atom is -0.383 e. The number of carbonyl (C=O) groups is 1. The second-order valence-corrected chi connectivity index (χ2v) is 6.12. The average molecular weight is 300 g/mol. The third-order valence-corrected chi connectivity index (χ3v) is 4.12. The Morgan fingerprint density at radius 1 is 1.30 bits per heavy atom. The molecule has 1 rings (SSSR count). The monoisotopic (exact) mass is 300 g/mol. The fraction of sp³-hybridized carbons (Fsp3) is 0.462. The molecule has 0 spiro atoms. The molecule has 1 amide bonds. The number of hydrogen-bond donors (Lipinski definition) is 2. The smallest absolute Gasteiger partial charge is 0.251 e. The van der Waals surface area contributed by atoms with Crippen molar-refractivity contribution in [2.24, 2.45) is 0 Å². The van der Waals surface area contributed by atoms with Crippen molar-refractivity contribution in [2.75, 3.05) is 20.3 Å². The second-order valence-electron chi connectivity index (χ2n) is 4.36. The Labute approximate surface area is 119 Å². The van der Waals surface area contributed by atoms with Gasteiger partial charge >= 0.3 is 0 Å². The van der Waals surface area contributed by atoms with Crippen molar-refractivity contribution in [3.8, 4) is 0 Å². The summed E-state index contributed by atoms with van der Waals surface area (Å²) in [6.07, 6.45) is 0. The number of methoxy groups -OCH3 is 1. The van der Waals surface area contributed by atoms with Gasteiger partial charge in [0.25, 0.3) is 5.91 Å². The molecule has 1 aromatic carbocycles. The van der Waals surface area contributed by atoms with Gasteiger partial charge < -0.3 is 10.1 Å². The molecule has 0 aromatic heterocycles. The normalized spacial score (nSPS) is 12.9. The highest BCUT2D eigenvalue weighted by atomic mass is 32.2. The molecule has 0 heterocycles. The van der Waals surface area contributed by atoms with Crippen LogP contribution in [0.15, 0.2) is 29.2 Å². The van der Waals surface area contributed by atoms with Gasteiger partial charge in [0.1, 0.15) is 0 Å². The van der Waals surface area contributed by atoms with E-state index >= 15 is 0 Å². The van der Waals surface area contributed by atoms with Crippen LogP contribution in [0.2, 0.25) is 0 Å². The zero-order valence-corrected chi connectivity index (χ0v) is 12.7. The van der Waals surface area contributed by atoms with Crippen LogP contribution in [0.3, 0.4) is 0 Å². The van der Waals surface area contributed by atoms with E-state index < -0.39 is 10.0 Å². The van der Waals surface area contributed by atoms with Gasteiger partial charge in [0.05, 0.1) is 11.5 Å². The van der Waals surface area contributed by atoms with Crippen LogP contribution in [0.4, 0.5) is 0 Å². The Hall–Kier alpha value is -1.44. The molecule has 0 aliphatic carbocycles. The summed E-state index contributed by atoms with van der Waals surface area (Å²) >= 11 is 0. The molecule has 0 fully saturated rings. The zero-order valence-electron chi connectivity index (χ0n) is 11.8. The molecular formula is C13H20N2O4S. The first-order valence-corrected chi connectivity index (χ1v) is 7.78. The van der Waals surface area contributed by atoms with Gasteiger partial charge in [-0.2, -0.15) is 0 Å². The van der Waals surface area contributed by atoms with E-state index in [9.17, 15) is 13.2 Å². The van der Waals surface area contributed by atoms with Gasteiger partial charge in [-0.1, -0.05) is 6.92 Å². The quantitative estimate of drug-likeness (QED) is 0.778. The summed E-state index contributed by atoms with van der Waals surface area (Å²) in [7, 11) is -1.93. The summed E-state index contributed by atoms with van der Waals surface area (Å²) in [6.45, 7) is 4.26. The fourth-order valence-corrected chi connectivity index (χ4v) is 2.70. The van der Waals surface area contributed by atoms with Crippen LogP contribution >= 0.6 is 0 Å². The second kappa shape index (κ2) is 7.37. The van der Waals surface area contributed by atoms with Crippen molar-refractivity contribution < 1.29 is 17.9 Å². The Morgan fingerprint density at radius 3 is 2.40 bits per heavy atom. The fourth-order valence-electron chi connectivity index (χ4n) is 1.66. The first-order chi connectivity index (χ1) is 9.40. The predicted octanol–water partition coefficient (Wildman–Crippen LogP) is 0.749. The molecule has 2 N–H and O–H groups in total. The number of hydrogen-bond acceptors (Lipinski definition) is 4. The summed E-state index contributed by atoms with van der Waals surface area (Å²) in [5.74, 6) is -0.262. The molecular weight excluding hydrogens is 280 g/mol. The number of benzene rings is 1. The molecule has 0 aliphatic rings. The number of amides is 1. The van der Waals surface area contributed by atoms with Crippen LogP contribution in [0.25, 0.3) is 0 Å². The van der Waals surface area contributed by atoms with Crippen molar-refractivity contribution in [1.29, 1.82) is 0 Å². The van der Waals surface area contributed by atoms with Crippen LogP contribution in [-0.4, -0.2) is 40.6 Å². The third-order valence-electron chi connectivity index (χ3n) is 2.56. The molecule has 0 radical (unpaired) electrons. The summed E-state index contributed by atoms with van der Waals surface area (Å²) in [5.41, 5.74) is 0.406. The van der Waals surface area contributed by atoms with Gasteiger partial charge in [-0.3, -0.25) is 4.79 Å². The van der Waals surface area contributed by atoms with Crippen molar-refractivity contribution in [3.05, 3.63) is 29.8 Å². The maximum Gasteiger partial charge on any atom is 0.251 e. The summed E-state index contributed by atoms with van der Waals surface area (Å²) < 4.78 is 30.8. The largest absolute Gasteiger partial charge is 0.383 e. The molecule has 6 nitrogen and oxygen atoms in total. The van der Waals surface area contributed by atoms with Gasteiger partial charge in [0.2, 0.25) is 10.0 Å². The highest BCUT2D eigenvalue weighted by Crippen LogP contribution is 2.10. The lowest BCUT2D eigenvalue weighted by Gasteiger charge is -2.13. The van der Waals surface area contributed by atoms with Gasteiger partial charge in [-0.05, 0) is 31.2 Å². The molecule has 7 heteroatoms. The molecule has 0 aliphatic heterocycles. The number of sulfonamides is 1. The van der Waals surface area contributed by atoms with Crippen molar-refractivity contribution in [1.82, 2.24) is 10.0 Å². The van der Waals surface area contributed by atoms with E-state index in [1.54, 1.807) is 14.0 Å². The van der Waals surface area contributed by atoms with Crippen molar-refractivity contribution >= 4 is 15.9 Å². The minimum absolute atomic E-state index is 0.113. The summed E-state index contributed by atoms with van der Waals surface area (Å²) in [4.78, 5) is 12.0. The average Bonchev–Trinajstić information content (AvgIpc) is 2.39. The number of ether oxygens (including phenoxy) is 1. The molecule has 20 heavy (non-hydrogen) atoms. The van der Waals surface area contributed by atoms with E-state index in [1.165, 1.54) is 24.3 Å². The Morgan fingerprint density at radius 2 is 1.90 bits per heavy atom. The van der Waals surface area contributed by atoms with Crippen LogP contribution in [0, 0.1) is 0 Å². The lowest BCUT2D eigenvalue weighted by atomic mass is 10.2. The van der Waals surface area contributed by atoms with Crippen LogP contribution < -0.4 is 10.0 Å². The first-order valence-electron chi connectivity index (χ1n) is 6.30. The SMILES string of the molecule is CCNS(=O)(=O)c1ccc(C(=O)N[C@@H](C)COC)cc1. The third kappa shape index (κ3) is 4.59. The number of nitrogens with one attached hydrogen (secondary N) is 2. The predicted molar refractivity (Wildman–Crippen MR) is 76.1 cm³/mol. The van der Waals surface area contributed by atoms with E-state index in [4.69, 9.17) is 4.74 Å². The topological polar surface area (TPSA) is 84.5 Å². The lowest BCUT2D eigenvalue weighted by Crippen LogP contribution is -2.35. The Bertz CT molecular complexity index is 540. The molecule has 112 valence electrons. The Balaban J connectivity index is 2.79. The van der Waals surface area contributed by atoms with Crippen molar-refractivity contribution in [2.45, 2.75) is 24.8 Å². The van der Waals surface area contributed by atoms with E-state index in [1.807, 2.05) is 6.92 Å². The van der Waals surface area contributed by atoms with Crippen LogP contribution in [0.5, 0.6) is 0 Å². The number of rotatable bonds is 7. The van der Waals surface area contributed by atoms with Gasteiger partial charge in [-0.15, -0.1) is 0 Å². The maximum atomic E-state index is 11.9. The highest BCUT2D eigenvalue weighted by Gasteiger charge is 2.14. The van der Waals surface area contributed by atoms with Gasteiger partial charge in [0.15, 0.2) is 0 Å². The molecule has 0 saturated carbocycles. The van der Waals surface area contributed by atoms with E-state index in [0.29, 0.717) is 18.7 Å². The molecule has 1 atom stereocenters. The molecule has 0 bridgehead atoms. The lowest BCUT2D eigenvalue weighted by molar-refractivity contribution is 0.0905. The summed E-state index contributed by atoms with van der Waals surface area (Å²) in [5, 5.41) is 2.75. The minimum atomic E-state index is -3.49. The molecule has 0 saturated heterocycles.